The summed E-state index contributed by atoms with van der Waals surface area (Å²) in [7, 11) is 0. The van der Waals surface area contributed by atoms with Gasteiger partial charge in [-0.15, -0.1) is 0 Å². The standard InChI is InChI=1S/C23H17ClF2N4O2/c24-16-8-14(17(25)9-18(16)26)23-15(11-30(29-23)22-3-1-2-6-32-22)19-4-5-20-21(28-19)7-13(12-31)10-27-20/h4-5,7-12,22H,1-3,6H2. The van der Waals surface area contributed by atoms with Crippen LogP contribution in [0.1, 0.15) is 35.8 Å². The van der Waals surface area contributed by atoms with E-state index in [9.17, 15) is 13.6 Å². The van der Waals surface area contributed by atoms with Crippen LogP contribution in [0, 0.1) is 11.6 Å². The van der Waals surface area contributed by atoms with Crippen LogP contribution in [0.5, 0.6) is 0 Å². The van der Waals surface area contributed by atoms with Gasteiger partial charge in [0.05, 0.1) is 21.7 Å². The number of ether oxygens (including phenoxy) is 1. The fraction of sp³-hybridized carbons (Fsp3) is 0.217. The van der Waals surface area contributed by atoms with Gasteiger partial charge < -0.3 is 4.74 Å². The molecule has 0 radical (unpaired) electrons. The lowest BCUT2D eigenvalue weighted by Crippen LogP contribution is -2.18. The van der Waals surface area contributed by atoms with Crippen molar-refractivity contribution in [3.8, 4) is 22.5 Å². The van der Waals surface area contributed by atoms with E-state index < -0.39 is 11.6 Å². The predicted octanol–water partition coefficient (Wildman–Crippen LogP) is 5.60. The molecule has 9 heteroatoms. The summed E-state index contributed by atoms with van der Waals surface area (Å²) >= 11 is 5.94. The van der Waals surface area contributed by atoms with Crippen LogP contribution in [0.25, 0.3) is 33.5 Å². The fourth-order valence-electron chi connectivity index (χ4n) is 3.80. The lowest BCUT2D eigenvalue weighted by atomic mass is 10.0. The molecule has 0 bridgehead atoms. The molecular weight excluding hydrogens is 438 g/mol. The second-order valence-corrected chi connectivity index (χ2v) is 7.97. The van der Waals surface area contributed by atoms with E-state index >= 15 is 0 Å². The summed E-state index contributed by atoms with van der Waals surface area (Å²) in [6, 6.07) is 7.09. The van der Waals surface area contributed by atoms with Crippen molar-refractivity contribution in [3.05, 3.63) is 64.9 Å². The van der Waals surface area contributed by atoms with Gasteiger partial charge in [0.2, 0.25) is 0 Å². The van der Waals surface area contributed by atoms with Crippen LogP contribution < -0.4 is 0 Å². The highest BCUT2D eigenvalue weighted by atomic mass is 35.5. The first kappa shape index (κ1) is 20.7. The first-order valence-electron chi connectivity index (χ1n) is 10.1. The smallest absolute Gasteiger partial charge is 0.151 e. The summed E-state index contributed by atoms with van der Waals surface area (Å²) in [6.07, 6.45) is 6.34. The first-order chi connectivity index (χ1) is 15.5. The highest BCUT2D eigenvalue weighted by molar-refractivity contribution is 6.31. The van der Waals surface area contributed by atoms with Gasteiger partial charge in [-0.1, -0.05) is 11.6 Å². The molecule has 162 valence electrons. The molecule has 4 heterocycles. The lowest BCUT2D eigenvalue weighted by Gasteiger charge is -2.22. The van der Waals surface area contributed by atoms with Crippen molar-refractivity contribution >= 4 is 28.9 Å². The Hall–Kier alpha value is -3.23. The first-order valence-corrected chi connectivity index (χ1v) is 10.5. The molecule has 32 heavy (non-hydrogen) atoms. The molecule has 0 amide bonds. The number of carbonyl (C=O) groups excluding carboxylic acids is 1. The van der Waals surface area contributed by atoms with Crippen molar-refractivity contribution in [1.82, 2.24) is 19.7 Å². The van der Waals surface area contributed by atoms with Crippen LogP contribution in [0.2, 0.25) is 5.02 Å². The molecule has 1 aliphatic heterocycles. The van der Waals surface area contributed by atoms with Crippen molar-refractivity contribution in [2.75, 3.05) is 6.61 Å². The number of rotatable bonds is 4. The third-order valence-corrected chi connectivity index (χ3v) is 5.71. The fourth-order valence-corrected chi connectivity index (χ4v) is 3.96. The van der Waals surface area contributed by atoms with E-state index in [-0.39, 0.29) is 22.5 Å². The van der Waals surface area contributed by atoms with Gasteiger partial charge in [-0.05, 0) is 43.5 Å². The third kappa shape index (κ3) is 3.76. The number of halogens is 3. The van der Waals surface area contributed by atoms with Crippen LogP contribution in [-0.2, 0) is 4.74 Å². The van der Waals surface area contributed by atoms with E-state index in [1.54, 1.807) is 29.1 Å². The average Bonchev–Trinajstić information content (AvgIpc) is 3.26. The van der Waals surface area contributed by atoms with Crippen LogP contribution in [0.15, 0.2) is 42.7 Å². The van der Waals surface area contributed by atoms with Crippen LogP contribution >= 0.6 is 11.6 Å². The molecule has 1 aromatic carbocycles. The molecule has 1 aliphatic rings. The maximum atomic E-state index is 14.8. The summed E-state index contributed by atoms with van der Waals surface area (Å²) in [5.41, 5.74) is 2.87. The molecule has 0 spiro atoms. The summed E-state index contributed by atoms with van der Waals surface area (Å²) < 4.78 is 36.0. The van der Waals surface area contributed by atoms with Gasteiger partial charge in [0.1, 0.15) is 23.6 Å². The molecule has 3 aromatic heterocycles. The van der Waals surface area contributed by atoms with E-state index in [4.69, 9.17) is 16.3 Å². The monoisotopic (exact) mass is 454 g/mol. The van der Waals surface area contributed by atoms with E-state index in [0.29, 0.717) is 40.7 Å². The molecule has 5 rings (SSSR count). The Bertz CT molecular complexity index is 1340. The number of pyridine rings is 2. The molecule has 1 atom stereocenters. The molecule has 6 nitrogen and oxygen atoms in total. The van der Waals surface area contributed by atoms with Gasteiger partial charge in [-0.2, -0.15) is 5.10 Å². The second kappa shape index (κ2) is 8.37. The molecule has 0 aliphatic carbocycles. The highest BCUT2D eigenvalue weighted by Crippen LogP contribution is 2.36. The molecule has 0 N–H and O–H groups in total. The molecule has 0 saturated carbocycles. The predicted molar refractivity (Wildman–Crippen MR) is 115 cm³/mol. The minimum atomic E-state index is -0.846. The Morgan fingerprint density at radius 1 is 1.09 bits per heavy atom. The summed E-state index contributed by atoms with van der Waals surface area (Å²) in [6.45, 7) is 0.611. The topological polar surface area (TPSA) is 69.9 Å². The van der Waals surface area contributed by atoms with Crippen molar-refractivity contribution in [3.63, 3.8) is 0 Å². The van der Waals surface area contributed by atoms with Gasteiger partial charge in [0.15, 0.2) is 6.29 Å². The quantitative estimate of drug-likeness (QED) is 0.296. The van der Waals surface area contributed by atoms with Crippen molar-refractivity contribution in [1.29, 1.82) is 0 Å². The zero-order chi connectivity index (χ0) is 22.2. The number of nitrogens with zero attached hydrogens (tertiary/aromatic N) is 4. The number of benzene rings is 1. The zero-order valence-corrected chi connectivity index (χ0v) is 17.5. The largest absolute Gasteiger partial charge is 0.357 e. The summed E-state index contributed by atoms with van der Waals surface area (Å²) in [4.78, 5) is 20.0. The molecule has 1 saturated heterocycles. The number of hydrogen-bond acceptors (Lipinski definition) is 5. The van der Waals surface area contributed by atoms with Crippen LogP contribution in [-0.4, -0.2) is 32.6 Å². The number of hydrogen-bond donors (Lipinski definition) is 0. The molecule has 4 aromatic rings. The maximum Gasteiger partial charge on any atom is 0.151 e. The van der Waals surface area contributed by atoms with Gasteiger partial charge in [-0.3, -0.25) is 9.78 Å². The Morgan fingerprint density at radius 2 is 1.97 bits per heavy atom. The Kier molecular flexibility index (Phi) is 5.40. The van der Waals surface area contributed by atoms with E-state index in [0.717, 1.165) is 25.3 Å². The van der Waals surface area contributed by atoms with Crippen molar-refractivity contribution in [2.24, 2.45) is 0 Å². The lowest BCUT2D eigenvalue weighted by molar-refractivity contribution is -0.0393. The Morgan fingerprint density at radius 3 is 2.75 bits per heavy atom. The molecule has 1 unspecified atom stereocenters. The highest BCUT2D eigenvalue weighted by Gasteiger charge is 2.24. The van der Waals surface area contributed by atoms with Gasteiger partial charge >= 0.3 is 0 Å². The van der Waals surface area contributed by atoms with E-state index in [1.165, 1.54) is 12.3 Å². The Labute approximate surface area is 186 Å². The van der Waals surface area contributed by atoms with Gasteiger partial charge in [-0.25, -0.2) is 18.4 Å². The third-order valence-electron chi connectivity index (χ3n) is 5.42. The van der Waals surface area contributed by atoms with Crippen molar-refractivity contribution < 1.29 is 18.3 Å². The minimum absolute atomic E-state index is 0.0580. The maximum absolute atomic E-state index is 14.8. The van der Waals surface area contributed by atoms with Crippen LogP contribution in [0.4, 0.5) is 8.78 Å². The normalized spacial score (nSPS) is 16.4. The zero-order valence-electron chi connectivity index (χ0n) is 16.8. The second-order valence-electron chi connectivity index (χ2n) is 7.56. The van der Waals surface area contributed by atoms with E-state index in [1.807, 2.05) is 0 Å². The number of aldehydes is 1. The number of fused-ring (bicyclic) bond motifs is 1. The van der Waals surface area contributed by atoms with Gasteiger partial charge in [0.25, 0.3) is 0 Å². The van der Waals surface area contributed by atoms with Crippen LogP contribution in [0.3, 0.4) is 0 Å². The summed E-state index contributed by atoms with van der Waals surface area (Å²) in [5, 5.41) is 4.38. The van der Waals surface area contributed by atoms with Gasteiger partial charge in [0, 0.05) is 41.8 Å². The Balaban J connectivity index is 1.70. The number of aromatic nitrogens is 4. The SMILES string of the molecule is O=Cc1cnc2ccc(-c3cn(C4CCCCO4)nc3-c3cc(Cl)c(F)cc3F)nc2c1. The molecule has 1 fully saturated rings. The summed E-state index contributed by atoms with van der Waals surface area (Å²) in [5.74, 6) is -1.63. The van der Waals surface area contributed by atoms with E-state index in [2.05, 4.69) is 15.1 Å². The minimum Gasteiger partial charge on any atom is -0.357 e. The molecular formula is C23H17ClF2N4O2. The number of carbonyl (C=O) groups is 1. The average molecular weight is 455 g/mol. The van der Waals surface area contributed by atoms with Crippen molar-refractivity contribution in [2.45, 2.75) is 25.5 Å².